The topological polar surface area (TPSA) is 84.3 Å². The Balaban J connectivity index is 1.46. The van der Waals surface area contributed by atoms with E-state index in [4.69, 9.17) is 0 Å². The van der Waals surface area contributed by atoms with Crippen LogP contribution in [0.3, 0.4) is 0 Å². The molecular weight excluding hydrogens is 452 g/mol. The fraction of sp³-hybridized carbons (Fsp3) is 0.379. The van der Waals surface area contributed by atoms with Crippen molar-refractivity contribution in [1.29, 1.82) is 0 Å². The molecule has 0 bridgehead atoms. The number of rotatable bonds is 9. The quantitative estimate of drug-likeness (QED) is 0.501. The van der Waals surface area contributed by atoms with Crippen molar-refractivity contribution in [2.75, 3.05) is 13.1 Å². The number of nitrogens with zero attached hydrogens (tertiary/aromatic N) is 3. The van der Waals surface area contributed by atoms with Crippen molar-refractivity contribution in [2.24, 2.45) is 5.92 Å². The lowest BCUT2D eigenvalue weighted by atomic mass is 9.99. The number of aromatic nitrogens is 2. The lowest BCUT2D eigenvalue weighted by Crippen LogP contribution is -2.47. The van der Waals surface area contributed by atoms with Crippen LogP contribution in [0.5, 0.6) is 0 Å². The van der Waals surface area contributed by atoms with Gasteiger partial charge in [-0.15, -0.1) is 0 Å². The van der Waals surface area contributed by atoms with Crippen molar-refractivity contribution in [2.45, 2.75) is 52.2 Å². The van der Waals surface area contributed by atoms with E-state index in [2.05, 4.69) is 33.4 Å². The number of hydrogen-bond acceptors (Lipinski definition) is 5. The molecule has 1 aliphatic heterocycles. The van der Waals surface area contributed by atoms with Gasteiger partial charge in [-0.3, -0.25) is 23.9 Å². The predicted molar refractivity (Wildman–Crippen MR) is 140 cm³/mol. The van der Waals surface area contributed by atoms with Crippen LogP contribution in [-0.4, -0.2) is 45.3 Å². The van der Waals surface area contributed by atoms with Gasteiger partial charge in [-0.05, 0) is 42.9 Å². The summed E-state index contributed by atoms with van der Waals surface area (Å²) in [5, 5.41) is 2.92. The van der Waals surface area contributed by atoms with Gasteiger partial charge in [0, 0.05) is 24.4 Å². The van der Waals surface area contributed by atoms with E-state index in [1.807, 2.05) is 50.2 Å². The van der Waals surface area contributed by atoms with E-state index < -0.39 is 6.04 Å². The molecule has 188 valence electrons. The van der Waals surface area contributed by atoms with Gasteiger partial charge < -0.3 is 5.32 Å². The highest BCUT2D eigenvalue weighted by Crippen LogP contribution is 2.19. The molecule has 0 saturated heterocycles. The monoisotopic (exact) mass is 486 g/mol. The van der Waals surface area contributed by atoms with E-state index >= 15 is 0 Å². The first kappa shape index (κ1) is 25.5. The lowest BCUT2D eigenvalue weighted by molar-refractivity contribution is -0.129. The van der Waals surface area contributed by atoms with Crippen molar-refractivity contribution in [3.05, 3.63) is 88.3 Å². The molecule has 36 heavy (non-hydrogen) atoms. The summed E-state index contributed by atoms with van der Waals surface area (Å²) in [5.74, 6) is 0.277. The van der Waals surface area contributed by atoms with Crippen LogP contribution in [0.25, 0.3) is 11.4 Å². The third-order valence-electron chi connectivity index (χ3n) is 6.51. The van der Waals surface area contributed by atoms with Gasteiger partial charge in [-0.1, -0.05) is 68.4 Å². The van der Waals surface area contributed by atoms with E-state index in [9.17, 15) is 14.4 Å². The Morgan fingerprint density at radius 2 is 1.69 bits per heavy atom. The van der Waals surface area contributed by atoms with Gasteiger partial charge in [0.1, 0.15) is 12.4 Å². The van der Waals surface area contributed by atoms with Crippen LogP contribution in [0.15, 0.2) is 71.7 Å². The van der Waals surface area contributed by atoms with E-state index in [-0.39, 0.29) is 36.3 Å². The maximum Gasteiger partial charge on any atom is 0.254 e. The second kappa shape index (κ2) is 11.9. The van der Waals surface area contributed by atoms with Crippen molar-refractivity contribution < 1.29 is 9.59 Å². The fourth-order valence-corrected chi connectivity index (χ4v) is 4.77. The number of benzene rings is 2. The summed E-state index contributed by atoms with van der Waals surface area (Å²) in [6, 6.07) is 18.4. The summed E-state index contributed by atoms with van der Waals surface area (Å²) in [4.78, 5) is 45.6. The minimum absolute atomic E-state index is 0.00162. The van der Waals surface area contributed by atoms with Crippen LogP contribution < -0.4 is 10.9 Å². The summed E-state index contributed by atoms with van der Waals surface area (Å²) >= 11 is 0. The highest BCUT2D eigenvalue weighted by molar-refractivity contribution is 5.90. The van der Waals surface area contributed by atoms with Crippen molar-refractivity contribution in [3.8, 4) is 11.4 Å². The van der Waals surface area contributed by atoms with Gasteiger partial charge >= 0.3 is 0 Å². The first-order valence-corrected chi connectivity index (χ1v) is 12.6. The molecule has 0 fully saturated rings. The molecule has 0 aliphatic carbocycles. The van der Waals surface area contributed by atoms with Gasteiger partial charge in [0.2, 0.25) is 5.91 Å². The number of aryl methyl sites for hydroxylation is 1. The molecule has 0 unspecified atom stereocenters. The summed E-state index contributed by atoms with van der Waals surface area (Å²) in [7, 11) is 0. The second-order valence-corrected chi connectivity index (χ2v) is 9.86. The third-order valence-corrected chi connectivity index (χ3v) is 6.51. The maximum absolute atomic E-state index is 13.4. The largest absolute Gasteiger partial charge is 0.345 e. The molecule has 1 atom stereocenters. The molecule has 7 heteroatoms. The van der Waals surface area contributed by atoms with Gasteiger partial charge in [-0.25, -0.2) is 4.98 Å². The maximum atomic E-state index is 13.4. The summed E-state index contributed by atoms with van der Waals surface area (Å²) in [6.07, 6.45) is 4.00. The minimum atomic E-state index is -0.608. The Morgan fingerprint density at radius 1 is 0.972 bits per heavy atom. The molecule has 2 heterocycles. The van der Waals surface area contributed by atoms with Crippen molar-refractivity contribution >= 4 is 11.7 Å². The molecule has 0 spiro atoms. The average molecular weight is 487 g/mol. The smallest absolute Gasteiger partial charge is 0.254 e. The van der Waals surface area contributed by atoms with Crippen molar-refractivity contribution in [1.82, 2.24) is 19.8 Å². The molecule has 1 aromatic heterocycles. The van der Waals surface area contributed by atoms with Gasteiger partial charge in [0.25, 0.3) is 5.56 Å². The molecule has 0 saturated carbocycles. The lowest BCUT2D eigenvalue weighted by Gasteiger charge is -2.25. The van der Waals surface area contributed by atoms with Crippen LogP contribution in [0, 0.1) is 5.92 Å². The molecule has 1 amide bonds. The zero-order valence-electron chi connectivity index (χ0n) is 21.0. The zero-order chi connectivity index (χ0) is 25.5. The van der Waals surface area contributed by atoms with Crippen LogP contribution in [-0.2, 0) is 29.1 Å². The van der Waals surface area contributed by atoms with E-state index in [0.717, 1.165) is 31.5 Å². The molecular formula is C29H34N4O3. The molecule has 4 rings (SSSR count). The number of ketones is 1. The first-order chi connectivity index (χ1) is 17.4. The molecule has 3 aromatic rings. The highest BCUT2D eigenvalue weighted by Gasteiger charge is 2.25. The van der Waals surface area contributed by atoms with Gasteiger partial charge in [-0.2, -0.15) is 0 Å². The molecule has 7 nitrogen and oxygen atoms in total. The summed E-state index contributed by atoms with van der Waals surface area (Å²) in [6.45, 7) is 5.73. The number of hydrogen-bond donors (Lipinski definition) is 1. The van der Waals surface area contributed by atoms with Crippen LogP contribution in [0.4, 0.5) is 0 Å². The number of fused-ring (bicyclic) bond motifs is 1. The number of amides is 1. The second-order valence-electron chi connectivity index (χ2n) is 9.86. The number of carbonyl (C=O) groups excluding carboxylic acids is 2. The Morgan fingerprint density at radius 3 is 2.44 bits per heavy atom. The highest BCUT2D eigenvalue weighted by atomic mass is 16.2. The first-order valence-electron chi connectivity index (χ1n) is 12.6. The van der Waals surface area contributed by atoms with Gasteiger partial charge in [0.15, 0.2) is 5.78 Å². The van der Waals surface area contributed by atoms with E-state index in [0.29, 0.717) is 12.2 Å². The molecule has 2 aromatic carbocycles. The minimum Gasteiger partial charge on any atom is -0.345 e. The Kier molecular flexibility index (Phi) is 8.44. The van der Waals surface area contributed by atoms with E-state index in [1.165, 1.54) is 28.0 Å². The molecule has 0 radical (unpaired) electrons. The summed E-state index contributed by atoms with van der Waals surface area (Å²) in [5.41, 5.74) is 3.04. The average Bonchev–Trinajstić information content (AvgIpc) is 3.06. The predicted octanol–water partition coefficient (Wildman–Crippen LogP) is 3.46. The Bertz CT molecular complexity index is 1250. The van der Waals surface area contributed by atoms with E-state index in [1.54, 1.807) is 0 Å². The number of nitrogens with one attached hydrogen (secondary N) is 1. The Hall–Kier alpha value is -3.58. The summed E-state index contributed by atoms with van der Waals surface area (Å²) < 4.78 is 1.35. The third kappa shape index (κ3) is 6.55. The molecule has 1 aliphatic rings. The number of Topliss-reactive ketones (excluding diaryl/α,β-unsaturated/α-hetero) is 1. The number of carbonyl (C=O) groups is 2. The fourth-order valence-electron chi connectivity index (χ4n) is 4.77. The SMILES string of the molecule is CC(C)C[C@H](NC(=O)Cn1c(-c2ccccc2)nccc1=O)C(=O)CN1CCCc2ccccc2C1. The van der Waals surface area contributed by atoms with Gasteiger partial charge in [0.05, 0.1) is 12.6 Å². The van der Waals surface area contributed by atoms with Crippen LogP contribution in [0.2, 0.25) is 0 Å². The van der Waals surface area contributed by atoms with Crippen LogP contribution in [0.1, 0.15) is 37.8 Å². The van der Waals surface area contributed by atoms with Crippen LogP contribution >= 0.6 is 0 Å². The molecule has 1 N–H and O–H groups in total. The standard InChI is InChI=1S/C29H34N4O3/c1-21(2)17-25(26(34)19-32-16-8-13-22-9-6-7-12-24(22)18-32)31-27(35)20-33-28(36)14-15-30-29(33)23-10-4-3-5-11-23/h3-7,9-12,14-15,21,25H,8,13,16-20H2,1-2H3,(H,31,35)/t25-/m0/s1. The van der Waals surface area contributed by atoms with Crippen molar-refractivity contribution in [3.63, 3.8) is 0 Å². The zero-order valence-corrected chi connectivity index (χ0v) is 21.0. The normalized spacial score (nSPS) is 14.6. The Labute approximate surface area is 212 Å².